The molecule has 5 heteroatoms. The number of hydrogen-bond acceptors (Lipinski definition) is 4. The van der Waals surface area contributed by atoms with E-state index in [2.05, 4.69) is 15.1 Å². The zero-order valence-corrected chi connectivity index (χ0v) is 8.29. The van der Waals surface area contributed by atoms with Gasteiger partial charge in [-0.1, -0.05) is 13.0 Å². The van der Waals surface area contributed by atoms with Crippen LogP contribution in [0.4, 0.5) is 0 Å². The number of nitrogens with zero attached hydrogens (tertiary/aromatic N) is 4. The van der Waals surface area contributed by atoms with Crippen LogP contribution < -0.4 is 0 Å². The molecule has 0 bridgehead atoms. The Morgan fingerprint density at radius 2 is 2.27 bits per heavy atom. The first-order valence-electron chi connectivity index (χ1n) is 4.67. The van der Waals surface area contributed by atoms with E-state index in [9.17, 15) is 4.79 Å². The second-order valence-electron chi connectivity index (χ2n) is 2.98. The van der Waals surface area contributed by atoms with Crippen LogP contribution in [0.5, 0.6) is 0 Å². The summed E-state index contributed by atoms with van der Waals surface area (Å²) in [6, 6.07) is 5.47. The second-order valence-corrected chi connectivity index (χ2v) is 2.98. The normalized spacial score (nSPS) is 10.2. The molecule has 0 spiro atoms. The number of pyridine rings is 1. The molecule has 2 aromatic heterocycles. The summed E-state index contributed by atoms with van der Waals surface area (Å²) in [4.78, 5) is 19.3. The van der Waals surface area contributed by atoms with Crippen molar-refractivity contribution in [3.8, 4) is 5.82 Å². The third-order valence-electron chi connectivity index (χ3n) is 1.95. The van der Waals surface area contributed by atoms with E-state index in [1.54, 1.807) is 19.2 Å². The molecule has 5 nitrogen and oxygen atoms in total. The van der Waals surface area contributed by atoms with Crippen LogP contribution in [-0.2, 0) is 0 Å². The van der Waals surface area contributed by atoms with Gasteiger partial charge in [0, 0.05) is 12.6 Å². The quantitative estimate of drug-likeness (QED) is 0.703. The standard InChI is InChI=1S/C10H10N4O/c1-2-8(15)10-12-7-14(13-10)9-5-3-4-6-11-9/h3-7H,2H2,1H3. The first kappa shape index (κ1) is 9.51. The maximum absolute atomic E-state index is 11.3. The highest BCUT2D eigenvalue weighted by molar-refractivity contribution is 5.92. The largest absolute Gasteiger partial charge is 0.291 e. The van der Waals surface area contributed by atoms with E-state index in [0.717, 1.165) is 0 Å². The number of rotatable bonds is 3. The summed E-state index contributed by atoms with van der Waals surface area (Å²) in [6.45, 7) is 1.78. The van der Waals surface area contributed by atoms with Gasteiger partial charge in [0.05, 0.1) is 0 Å². The van der Waals surface area contributed by atoms with Gasteiger partial charge in [0.25, 0.3) is 0 Å². The van der Waals surface area contributed by atoms with Gasteiger partial charge in [0.1, 0.15) is 6.33 Å². The molecule has 0 aromatic carbocycles. The van der Waals surface area contributed by atoms with Crippen molar-refractivity contribution in [2.45, 2.75) is 13.3 Å². The average molecular weight is 202 g/mol. The molecule has 2 rings (SSSR count). The number of Topliss-reactive ketones (excluding diaryl/α,β-unsaturated/α-hetero) is 1. The summed E-state index contributed by atoms with van der Waals surface area (Å²) >= 11 is 0. The molecular weight excluding hydrogens is 192 g/mol. The third kappa shape index (κ3) is 1.90. The molecule has 2 heterocycles. The predicted molar refractivity (Wildman–Crippen MR) is 53.8 cm³/mol. The van der Waals surface area contributed by atoms with Gasteiger partial charge in [-0.15, -0.1) is 5.10 Å². The summed E-state index contributed by atoms with van der Waals surface area (Å²) in [5.74, 6) is 0.827. The van der Waals surface area contributed by atoms with Gasteiger partial charge in [0.15, 0.2) is 5.82 Å². The monoisotopic (exact) mass is 202 g/mol. The van der Waals surface area contributed by atoms with Crippen molar-refractivity contribution < 1.29 is 4.79 Å². The number of aromatic nitrogens is 4. The van der Waals surface area contributed by atoms with Gasteiger partial charge in [0.2, 0.25) is 11.6 Å². The number of ketones is 1. The lowest BCUT2D eigenvalue weighted by atomic mass is 10.3. The average Bonchev–Trinajstić information content (AvgIpc) is 2.78. The minimum absolute atomic E-state index is 0.0651. The van der Waals surface area contributed by atoms with Gasteiger partial charge in [-0.3, -0.25) is 4.79 Å². The van der Waals surface area contributed by atoms with Crippen molar-refractivity contribution in [1.82, 2.24) is 19.7 Å². The van der Waals surface area contributed by atoms with Gasteiger partial charge >= 0.3 is 0 Å². The van der Waals surface area contributed by atoms with Crippen molar-refractivity contribution in [1.29, 1.82) is 0 Å². The Labute approximate surface area is 86.8 Å². The summed E-state index contributed by atoms with van der Waals surface area (Å²) in [6.07, 6.45) is 3.57. The van der Waals surface area contributed by atoms with Crippen molar-refractivity contribution >= 4 is 5.78 Å². The summed E-state index contributed by atoms with van der Waals surface area (Å²) in [5, 5.41) is 4.04. The lowest BCUT2D eigenvalue weighted by Gasteiger charge is -1.96. The van der Waals surface area contributed by atoms with Gasteiger partial charge in [-0.05, 0) is 12.1 Å². The minimum Gasteiger partial charge on any atom is -0.291 e. The lowest BCUT2D eigenvalue weighted by molar-refractivity contribution is 0.0978. The molecule has 0 N–H and O–H groups in total. The van der Waals surface area contributed by atoms with E-state index < -0.39 is 0 Å². The minimum atomic E-state index is -0.0651. The highest BCUT2D eigenvalue weighted by Crippen LogP contribution is 2.02. The van der Waals surface area contributed by atoms with Crippen LogP contribution in [0.25, 0.3) is 5.82 Å². The SMILES string of the molecule is CCC(=O)c1ncn(-c2ccccn2)n1. The van der Waals surface area contributed by atoms with E-state index in [0.29, 0.717) is 12.2 Å². The molecule has 0 saturated carbocycles. The van der Waals surface area contributed by atoms with Crippen molar-refractivity contribution in [3.63, 3.8) is 0 Å². The van der Waals surface area contributed by atoms with Gasteiger partial charge in [-0.25, -0.2) is 14.6 Å². The maximum atomic E-state index is 11.3. The molecule has 0 aliphatic rings. The Balaban J connectivity index is 2.32. The zero-order valence-electron chi connectivity index (χ0n) is 8.29. The van der Waals surface area contributed by atoms with Gasteiger partial charge < -0.3 is 0 Å². The van der Waals surface area contributed by atoms with E-state index in [1.165, 1.54) is 11.0 Å². The number of carbonyl (C=O) groups excluding carboxylic acids is 1. The summed E-state index contributed by atoms with van der Waals surface area (Å²) in [5.41, 5.74) is 0. The first-order chi connectivity index (χ1) is 7.31. The molecule has 0 aliphatic heterocycles. The Bertz CT molecular complexity index is 463. The fourth-order valence-electron chi connectivity index (χ4n) is 1.15. The first-order valence-corrected chi connectivity index (χ1v) is 4.67. The maximum Gasteiger partial charge on any atom is 0.217 e. The van der Waals surface area contributed by atoms with Crippen LogP contribution >= 0.6 is 0 Å². The van der Waals surface area contributed by atoms with Crippen LogP contribution in [0, 0.1) is 0 Å². The van der Waals surface area contributed by atoms with Crippen molar-refractivity contribution in [2.24, 2.45) is 0 Å². The molecule has 0 aliphatic carbocycles. The predicted octanol–water partition coefficient (Wildman–Crippen LogP) is 1.25. The molecule has 0 radical (unpaired) electrons. The van der Waals surface area contributed by atoms with E-state index >= 15 is 0 Å². The molecule has 0 atom stereocenters. The topological polar surface area (TPSA) is 60.7 Å². The molecule has 0 unspecified atom stereocenters. The molecular formula is C10H10N4O. The van der Waals surface area contributed by atoms with Crippen LogP contribution in [0.1, 0.15) is 24.0 Å². The molecule has 76 valence electrons. The molecule has 0 saturated heterocycles. The van der Waals surface area contributed by atoms with E-state index in [-0.39, 0.29) is 11.6 Å². The highest BCUT2D eigenvalue weighted by atomic mass is 16.1. The molecule has 0 amide bonds. The van der Waals surface area contributed by atoms with Crippen LogP contribution in [0.2, 0.25) is 0 Å². The van der Waals surface area contributed by atoms with E-state index in [4.69, 9.17) is 0 Å². The van der Waals surface area contributed by atoms with Crippen LogP contribution in [-0.4, -0.2) is 25.5 Å². The smallest absolute Gasteiger partial charge is 0.217 e. The lowest BCUT2D eigenvalue weighted by Crippen LogP contribution is -2.02. The third-order valence-corrected chi connectivity index (χ3v) is 1.95. The second kappa shape index (κ2) is 4.00. The molecule has 2 aromatic rings. The Hall–Kier alpha value is -2.04. The number of hydrogen-bond donors (Lipinski definition) is 0. The van der Waals surface area contributed by atoms with Crippen LogP contribution in [0.15, 0.2) is 30.7 Å². The summed E-state index contributed by atoms with van der Waals surface area (Å²) < 4.78 is 1.49. The van der Waals surface area contributed by atoms with Gasteiger partial charge in [-0.2, -0.15) is 0 Å². The Morgan fingerprint density at radius 3 is 2.93 bits per heavy atom. The van der Waals surface area contributed by atoms with Crippen molar-refractivity contribution in [3.05, 3.63) is 36.5 Å². The fraction of sp³-hybridized carbons (Fsp3) is 0.200. The Morgan fingerprint density at radius 1 is 1.40 bits per heavy atom. The van der Waals surface area contributed by atoms with Crippen molar-refractivity contribution in [2.75, 3.05) is 0 Å². The van der Waals surface area contributed by atoms with E-state index in [1.807, 2.05) is 12.1 Å². The zero-order chi connectivity index (χ0) is 10.7. The van der Waals surface area contributed by atoms with Crippen LogP contribution in [0.3, 0.4) is 0 Å². The molecule has 0 fully saturated rings. The fourth-order valence-corrected chi connectivity index (χ4v) is 1.15. The summed E-state index contributed by atoms with van der Waals surface area (Å²) in [7, 11) is 0. The molecule has 15 heavy (non-hydrogen) atoms. The Kier molecular flexibility index (Phi) is 2.53. The number of carbonyl (C=O) groups is 1. The highest BCUT2D eigenvalue weighted by Gasteiger charge is 2.09.